The van der Waals surface area contributed by atoms with Crippen LogP contribution in [0, 0.1) is 22.7 Å². The summed E-state index contributed by atoms with van der Waals surface area (Å²) in [5, 5.41) is 20.0. The van der Waals surface area contributed by atoms with Crippen LogP contribution in [0.1, 0.15) is 52.7 Å². The molecule has 0 aliphatic carbocycles. The van der Waals surface area contributed by atoms with Gasteiger partial charge in [-0.2, -0.15) is 5.26 Å². The molecule has 0 saturated heterocycles. The van der Waals surface area contributed by atoms with Gasteiger partial charge in [-0.15, -0.1) is 0 Å². The molecule has 0 saturated carbocycles. The van der Waals surface area contributed by atoms with Gasteiger partial charge in [0.1, 0.15) is 11.5 Å². The zero-order chi connectivity index (χ0) is 23.0. The molecule has 1 N–H and O–H groups in total. The summed E-state index contributed by atoms with van der Waals surface area (Å²) in [5.41, 5.74) is 2.28. The highest BCUT2D eigenvalue weighted by atomic mass is 16.7. The molecule has 5 nitrogen and oxygen atoms in total. The van der Waals surface area contributed by atoms with Crippen LogP contribution in [0.2, 0.25) is 6.32 Å². The smallest absolute Gasteiger partial charge is 0.324 e. The maximum Gasteiger partial charge on any atom is 0.324 e. The first-order chi connectivity index (χ1) is 14.7. The van der Waals surface area contributed by atoms with Gasteiger partial charge in [0, 0.05) is 6.61 Å². The molecule has 1 atom stereocenters. The molecule has 0 bridgehead atoms. The third kappa shape index (κ3) is 7.39. The summed E-state index contributed by atoms with van der Waals surface area (Å²) in [6.45, 7) is 12.8. The minimum Gasteiger partial charge on any atom is -0.457 e. The van der Waals surface area contributed by atoms with Gasteiger partial charge in [-0.05, 0) is 78.9 Å². The van der Waals surface area contributed by atoms with E-state index in [1.54, 1.807) is 24.3 Å². The summed E-state index contributed by atoms with van der Waals surface area (Å²) >= 11 is 0. The van der Waals surface area contributed by atoms with Crippen LogP contribution < -0.4 is 10.2 Å². The van der Waals surface area contributed by atoms with Crippen molar-refractivity contribution in [2.45, 2.75) is 60.8 Å². The molecule has 2 aromatic carbocycles. The third-order valence-corrected chi connectivity index (χ3v) is 5.85. The molecule has 0 aliphatic rings. The Morgan fingerprint density at radius 1 is 1.03 bits per heavy atom. The number of ether oxygens (including phenoxy) is 3. The number of benzene rings is 2. The molecule has 2 rings (SSSR count). The number of hydrogen-bond donors (Lipinski definition) is 1. The summed E-state index contributed by atoms with van der Waals surface area (Å²) in [4.78, 5) is 0. The fraction of sp³-hybridized carbons (Fsp3) is 0.480. The lowest BCUT2D eigenvalue weighted by Crippen LogP contribution is -2.39. The second-order valence-electron chi connectivity index (χ2n) is 8.80. The van der Waals surface area contributed by atoms with Gasteiger partial charge in [-0.25, -0.2) is 0 Å². The Labute approximate surface area is 187 Å². The van der Waals surface area contributed by atoms with Crippen molar-refractivity contribution in [1.29, 1.82) is 5.26 Å². The van der Waals surface area contributed by atoms with Crippen molar-refractivity contribution in [2.75, 3.05) is 6.61 Å². The van der Waals surface area contributed by atoms with Crippen molar-refractivity contribution < 1.29 is 19.2 Å². The van der Waals surface area contributed by atoms with Crippen LogP contribution in [-0.4, -0.2) is 24.8 Å². The molecule has 0 aromatic heterocycles. The highest BCUT2D eigenvalue weighted by molar-refractivity contribution is 6.66. The van der Waals surface area contributed by atoms with Crippen LogP contribution in [0.15, 0.2) is 42.5 Å². The molecule has 0 spiro atoms. The zero-order valence-electron chi connectivity index (χ0n) is 19.5. The predicted molar refractivity (Wildman–Crippen MR) is 125 cm³/mol. The average molecular weight is 423 g/mol. The van der Waals surface area contributed by atoms with Gasteiger partial charge >= 0.3 is 6.92 Å². The van der Waals surface area contributed by atoms with E-state index in [9.17, 15) is 5.02 Å². The maximum atomic E-state index is 11.0. The fourth-order valence-corrected chi connectivity index (χ4v) is 3.16. The summed E-state index contributed by atoms with van der Waals surface area (Å²) in [7, 11) is 0. The van der Waals surface area contributed by atoms with E-state index in [1.165, 1.54) is 0 Å². The van der Waals surface area contributed by atoms with Crippen molar-refractivity contribution in [3.8, 4) is 17.6 Å². The zero-order valence-corrected chi connectivity index (χ0v) is 19.5. The Kier molecular flexibility index (Phi) is 9.12. The minimum absolute atomic E-state index is 0.00613. The molecule has 0 fully saturated rings. The van der Waals surface area contributed by atoms with Gasteiger partial charge in [-0.1, -0.05) is 33.8 Å². The highest BCUT2D eigenvalue weighted by Gasteiger charge is 2.30. The first-order valence-corrected chi connectivity index (χ1v) is 10.9. The van der Waals surface area contributed by atoms with Gasteiger partial charge in [-0.3, -0.25) is 0 Å². The molecule has 1 unspecified atom stereocenters. The lowest BCUT2D eigenvalue weighted by molar-refractivity contribution is -0.134. The summed E-state index contributed by atoms with van der Waals surface area (Å²) < 4.78 is 17.3. The fourth-order valence-electron chi connectivity index (χ4n) is 3.16. The van der Waals surface area contributed by atoms with Gasteiger partial charge in [0.25, 0.3) is 0 Å². The molecule has 2 aromatic rings. The van der Waals surface area contributed by atoms with E-state index in [1.807, 2.05) is 32.0 Å². The van der Waals surface area contributed by atoms with Gasteiger partial charge in [0.05, 0.1) is 18.2 Å². The SMILES string of the molecule is CCOC(C)OCc1cc(Oc2ccc(C#N)cc2)ccc1B(O)CC(C)(C)C(C)C. The highest BCUT2D eigenvalue weighted by Crippen LogP contribution is 2.32. The lowest BCUT2D eigenvalue weighted by atomic mass is 9.50. The van der Waals surface area contributed by atoms with E-state index in [4.69, 9.17) is 19.5 Å². The van der Waals surface area contributed by atoms with Crippen LogP contribution in [0.4, 0.5) is 0 Å². The van der Waals surface area contributed by atoms with E-state index in [0.717, 1.165) is 11.0 Å². The van der Waals surface area contributed by atoms with Gasteiger partial charge in [0.2, 0.25) is 0 Å². The van der Waals surface area contributed by atoms with Crippen LogP contribution >= 0.6 is 0 Å². The monoisotopic (exact) mass is 423 g/mol. The summed E-state index contributed by atoms with van der Waals surface area (Å²) in [5.74, 6) is 1.73. The van der Waals surface area contributed by atoms with Gasteiger partial charge < -0.3 is 19.2 Å². The topological polar surface area (TPSA) is 71.7 Å². The first-order valence-electron chi connectivity index (χ1n) is 10.9. The molecule has 0 amide bonds. The molecule has 166 valence electrons. The quantitative estimate of drug-likeness (QED) is 0.401. The van der Waals surface area contributed by atoms with E-state index in [2.05, 4.69) is 33.8 Å². The van der Waals surface area contributed by atoms with E-state index >= 15 is 0 Å². The number of nitriles is 1. The first kappa shape index (κ1) is 24.9. The van der Waals surface area contributed by atoms with Crippen LogP contribution in [0.25, 0.3) is 0 Å². The lowest BCUT2D eigenvalue weighted by Gasteiger charge is -2.31. The van der Waals surface area contributed by atoms with Crippen LogP contribution in [-0.2, 0) is 16.1 Å². The molecule has 31 heavy (non-hydrogen) atoms. The molecule has 0 heterocycles. The van der Waals surface area contributed by atoms with E-state index < -0.39 is 6.92 Å². The van der Waals surface area contributed by atoms with Crippen molar-refractivity contribution >= 4 is 12.4 Å². The Morgan fingerprint density at radius 2 is 1.68 bits per heavy atom. The Hall–Kier alpha value is -2.33. The third-order valence-electron chi connectivity index (χ3n) is 5.85. The largest absolute Gasteiger partial charge is 0.457 e. The second kappa shape index (κ2) is 11.3. The van der Waals surface area contributed by atoms with Crippen molar-refractivity contribution in [1.82, 2.24) is 0 Å². The number of rotatable bonds is 11. The molecular weight excluding hydrogens is 389 g/mol. The Bertz CT molecular complexity index is 874. The average Bonchev–Trinajstić information content (AvgIpc) is 2.72. The Balaban J connectivity index is 2.27. The van der Waals surface area contributed by atoms with Crippen LogP contribution in [0.5, 0.6) is 11.5 Å². The molecule has 0 radical (unpaired) electrons. The standard InChI is InChI=1S/C25H34BNO4/c1-7-29-19(4)30-16-21-14-23(31-22-10-8-20(15-27)9-11-22)12-13-24(21)26(28)17-25(5,6)18(2)3/h8-14,18-19,28H,7,16-17H2,1-6H3. The van der Waals surface area contributed by atoms with E-state index in [-0.39, 0.29) is 11.7 Å². The van der Waals surface area contributed by atoms with Crippen molar-refractivity contribution in [2.24, 2.45) is 11.3 Å². The second-order valence-corrected chi connectivity index (χ2v) is 8.80. The van der Waals surface area contributed by atoms with Crippen molar-refractivity contribution in [3.63, 3.8) is 0 Å². The summed E-state index contributed by atoms with van der Waals surface area (Å²) in [6.07, 6.45) is 0.305. The summed E-state index contributed by atoms with van der Waals surface area (Å²) in [6, 6.07) is 14.7. The number of nitrogens with zero attached hydrogens (tertiary/aromatic N) is 1. The predicted octanol–water partition coefficient (Wildman–Crippen LogP) is 5.12. The van der Waals surface area contributed by atoms with E-state index in [0.29, 0.717) is 42.5 Å². The molecular formula is C25H34BNO4. The minimum atomic E-state index is -0.609. The van der Waals surface area contributed by atoms with Gasteiger partial charge in [0.15, 0.2) is 6.29 Å². The Morgan fingerprint density at radius 3 is 2.26 bits per heavy atom. The van der Waals surface area contributed by atoms with Crippen LogP contribution in [0.3, 0.4) is 0 Å². The van der Waals surface area contributed by atoms with Crippen molar-refractivity contribution in [3.05, 3.63) is 53.6 Å². The molecule has 6 heteroatoms. The number of hydrogen-bond acceptors (Lipinski definition) is 5. The molecule has 0 aliphatic heterocycles. The maximum absolute atomic E-state index is 11.0. The normalized spacial score (nSPS) is 12.5.